The number of hydrogen-bond donors (Lipinski definition) is 3. The molecule has 0 unspecified atom stereocenters. The van der Waals surface area contributed by atoms with Crippen molar-refractivity contribution in [2.24, 2.45) is 0 Å². The lowest BCUT2D eigenvalue weighted by molar-refractivity contribution is -0.119. The normalized spacial score (nSPS) is 12.8. The van der Waals surface area contributed by atoms with Crippen LogP contribution in [0.3, 0.4) is 0 Å². The summed E-state index contributed by atoms with van der Waals surface area (Å²) in [6.45, 7) is 2.58. The minimum absolute atomic E-state index is 0.0367. The minimum Gasteiger partial charge on any atom is -0.311 e. The summed E-state index contributed by atoms with van der Waals surface area (Å²) in [5.74, 6) is 0.226. The minimum atomic E-state index is 0.0367. The maximum atomic E-state index is 11.0. The lowest BCUT2D eigenvalue weighted by Crippen LogP contribution is -2.32. The zero-order valence-electron chi connectivity index (χ0n) is 8.81. The van der Waals surface area contributed by atoms with Gasteiger partial charge in [0, 0.05) is 6.54 Å². The Morgan fingerprint density at radius 1 is 1.31 bits per heavy atom. The zero-order chi connectivity index (χ0) is 10.1. The van der Waals surface area contributed by atoms with Crippen molar-refractivity contribution in [2.45, 2.75) is 32.2 Å². The number of carbonyl (C=O) groups is 1. The third-order valence-corrected chi connectivity index (χ3v) is 2.06. The van der Waals surface area contributed by atoms with E-state index in [0.29, 0.717) is 0 Å². The van der Waals surface area contributed by atoms with Gasteiger partial charge in [0.2, 0.25) is 0 Å². The van der Waals surface area contributed by atoms with Crippen LogP contribution in [0.5, 0.6) is 0 Å². The molecular weight excluding hydrogens is 166 g/mol. The standard InChI is InChI=1S/C9H21N3O/c1-8(13)9(10-2)6-4-5-7-12-11-3/h9-12H,4-7H2,1-3H3/t9-/m0/s1. The molecule has 0 saturated carbocycles. The fraction of sp³-hybridized carbons (Fsp3) is 0.889. The Kier molecular flexibility index (Phi) is 7.88. The number of hydrogen-bond acceptors (Lipinski definition) is 4. The van der Waals surface area contributed by atoms with Crippen LogP contribution in [0.2, 0.25) is 0 Å². The van der Waals surface area contributed by atoms with Crippen LogP contribution in [0.4, 0.5) is 0 Å². The Bertz CT molecular complexity index is 139. The highest BCUT2D eigenvalue weighted by atomic mass is 16.1. The van der Waals surface area contributed by atoms with Crippen LogP contribution in [-0.4, -0.2) is 32.5 Å². The van der Waals surface area contributed by atoms with E-state index in [2.05, 4.69) is 16.2 Å². The number of unbranched alkanes of at least 4 members (excludes halogenated alkanes) is 1. The fourth-order valence-corrected chi connectivity index (χ4v) is 1.24. The van der Waals surface area contributed by atoms with Crippen molar-refractivity contribution in [1.29, 1.82) is 0 Å². The second-order valence-corrected chi connectivity index (χ2v) is 3.12. The summed E-state index contributed by atoms with van der Waals surface area (Å²) in [5, 5.41) is 3.01. The maximum absolute atomic E-state index is 11.0. The number of rotatable bonds is 8. The van der Waals surface area contributed by atoms with E-state index in [1.54, 1.807) is 6.92 Å². The van der Waals surface area contributed by atoms with Gasteiger partial charge in [-0.25, -0.2) is 0 Å². The first kappa shape index (κ1) is 12.6. The molecule has 0 saturated heterocycles. The molecule has 0 rings (SSSR count). The van der Waals surface area contributed by atoms with Gasteiger partial charge in [-0.1, -0.05) is 6.42 Å². The van der Waals surface area contributed by atoms with Crippen molar-refractivity contribution in [1.82, 2.24) is 16.2 Å². The van der Waals surface area contributed by atoms with Gasteiger partial charge in [-0.05, 0) is 33.9 Å². The topological polar surface area (TPSA) is 53.2 Å². The third kappa shape index (κ3) is 6.69. The molecule has 78 valence electrons. The monoisotopic (exact) mass is 187 g/mol. The molecule has 0 aromatic rings. The molecule has 0 bridgehead atoms. The Balaban J connectivity index is 3.33. The Morgan fingerprint density at radius 2 is 2.00 bits per heavy atom. The van der Waals surface area contributed by atoms with Crippen LogP contribution in [-0.2, 0) is 4.79 Å². The third-order valence-electron chi connectivity index (χ3n) is 2.06. The summed E-state index contributed by atoms with van der Waals surface area (Å²) in [6, 6.07) is 0.0367. The second-order valence-electron chi connectivity index (χ2n) is 3.12. The lowest BCUT2D eigenvalue weighted by Gasteiger charge is -2.11. The van der Waals surface area contributed by atoms with E-state index in [-0.39, 0.29) is 11.8 Å². The van der Waals surface area contributed by atoms with Crippen LogP contribution in [0, 0.1) is 0 Å². The van der Waals surface area contributed by atoms with Gasteiger partial charge in [0.25, 0.3) is 0 Å². The van der Waals surface area contributed by atoms with Gasteiger partial charge in [0.15, 0.2) is 0 Å². The molecule has 3 N–H and O–H groups in total. The fourth-order valence-electron chi connectivity index (χ4n) is 1.24. The molecule has 13 heavy (non-hydrogen) atoms. The summed E-state index contributed by atoms with van der Waals surface area (Å²) in [7, 11) is 3.68. The van der Waals surface area contributed by atoms with E-state index >= 15 is 0 Å². The highest BCUT2D eigenvalue weighted by Gasteiger charge is 2.09. The number of likely N-dealkylation sites (N-methyl/N-ethyl adjacent to an activating group) is 1. The van der Waals surface area contributed by atoms with Crippen molar-refractivity contribution in [3.05, 3.63) is 0 Å². The molecule has 4 heteroatoms. The van der Waals surface area contributed by atoms with Gasteiger partial charge in [0.05, 0.1) is 6.04 Å². The molecule has 0 aromatic heterocycles. The van der Waals surface area contributed by atoms with Crippen molar-refractivity contribution in [3.63, 3.8) is 0 Å². The number of ketones is 1. The predicted octanol–water partition coefficient (Wildman–Crippen LogP) is 0.0577. The highest BCUT2D eigenvalue weighted by molar-refractivity contribution is 5.81. The van der Waals surface area contributed by atoms with E-state index in [9.17, 15) is 4.79 Å². The molecule has 0 radical (unpaired) electrons. The Morgan fingerprint density at radius 3 is 2.46 bits per heavy atom. The van der Waals surface area contributed by atoms with Gasteiger partial charge in [-0.15, -0.1) is 0 Å². The van der Waals surface area contributed by atoms with Crippen molar-refractivity contribution in [3.8, 4) is 0 Å². The molecule has 0 aliphatic rings. The van der Waals surface area contributed by atoms with Crippen molar-refractivity contribution in [2.75, 3.05) is 20.6 Å². The average Bonchev–Trinajstić information content (AvgIpc) is 2.10. The number of nitrogens with one attached hydrogen (secondary N) is 3. The summed E-state index contributed by atoms with van der Waals surface area (Å²) >= 11 is 0. The number of carbonyl (C=O) groups excluding carboxylic acids is 1. The molecule has 0 amide bonds. The summed E-state index contributed by atoms with van der Waals surface area (Å²) in [5.41, 5.74) is 5.87. The van der Waals surface area contributed by atoms with Crippen molar-refractivity contribution >= 4 is 5.78 Å². The number of hydrazine groups is 1. The molecule has 0 aromatic carbocycles. The molecule has 0 heterocycles. The first-order chi connectivity index (χ1) is 6.22. The van der Waals surface area contributed by atoms with E-state index in [1.807, 2.05) is 14.1 Å². The Labute approximate surface area is 80.4 Å². The lowest BCUT2D eigenvalue weighted by atomic mass is 10.1. The molecule has 0 fully saturated rings. The van der Waals surface area contributed by atoms with Gasteiger partial charge < -0.3 is 5.32 Å². The van der Waals surface area contributed by atoms with Gasteiger partial charge in [0.1, 0.15) is 5.78 Å². The van der Waals surface area contributed by atoms with Crippen LogP contribution in [0.15, 0.2) is 0 Å². The van der Waals surface area contributed by atoms with Gasteiger partial charge in [-0.2, -0.15) is 0 Å². The first-order valence-corrected chi connectivity index (χ1v) is 4.79. The summed E-state index contributed by atoms with van der Waals surface area (Å²) in [4.78, 5) is 11.0. The quantitative estimate of drug-likeness (QED) is 0.371. The van der Waals surface area contributed by atoms with Gasteiger partial charge in [-0.3, -0.25) is 15.6 Å². The van der Waals surface area contributed by atoms with E-state index in [0.717, 1.165) is 25.8 Å². The smallest absolute Gasteiger partial charge is 0.146 e. The van der Waals surface area contributed by atoms with E-state index < -0.39 is 0 Å². The second kappa shape index (κ2) is 8.16. The average molecular weight is 187 g/mol. The Hall–Kier alpha value is -0.450. The van der Waals surface area contributed by atoms with E-state index in [4.69, 9.17) is 0 Å². The SMILES string of the molecule is CNNCCCC[C@H](NC)C(C)=O. The zero-order valence-corrected chi connectivity index (χ0v) is 8.81. The van der Waals surface area contributed by atoms with Gasteiger partial charge >= 0.3 is 0 Å². The molecule has 4 nitrogen and oxygen atoms in total. The number of Topliss-reactive ketones (excluding diaryl/α,β-unsaturated/α-hetero) is 1. The highest BCUT2D eigenvalue weighted by Crippen LogP contribution is 2.00. The van der Waals surface area contributed by atoms with Crippen LogP contribution in [0.1, 0.15) is 26.2 Å². The van der Waals surface area contributed by atoms with Crippen LogP contribution >= 0.6 is 0 Å². The first-order valence-electron chi connectivity index (χ1n) is 4.79. The largest absolute Gasteiger partial charge is 0.311 e. The maximum Gasteiger partial charge on any atom is 0.146 e. The molecular formula is C9H21N3O. The summed E-state index contributed by atoms with van der Waals surface area (Å²) in [6.07, 6.45) is 3.09. The van der Waals surface area contributed by atoms with Crippen LogP contribution < -0.4 is 16.2 Å². The molecule has 0 aliphatic heterocycles. The van der Waals surface area contributed by atoms with Crippen LogP contribution in [0.25, 0.3) is 0 Å². The van der Waals surface area contributed by atoms with E-state index in [1.165, 1.54) is 0 Å². The van der Waals surface area contributed by atoms with Crippen molar-refractivity contribution < 1.29 is 4.79 Å². The summed E-state index contributed by atoms with van der Waals surface area (Å²) < 4.78 is 0. The predicted molar refractivity (Wildman–Crippen MR) is 54.4 cm³/mol. The molecule has 1 atom stereocenters. The molecule has 0 spiro atoms. The molecule has 0 aliphatic carbocycles.